The molecule has 1 fully saturated rings. The van der Waals surface area contributed by atoms with Crippen molar-refractivity contribution in [2.45, 2.75) is 32.4 Å². The van der Waals surface area contributed by atoms with E-state index >= 15 is 0 Å². The third kappa shape index (κ3) is 3.87. The van der Waals surface area contributed by atoms with E-state index in [1.165, 1.54) is 4.57 Å². The van der Waals surface area contributed by atoms with Crippen LogP contribution in [0, 0.1) is 6.92 Å². The number of hydrogen-bond acceptors (Lipinski definition) is 4. The molecule has 0 aliphatic heterocycles. The quantitative estimate of drug-likeness (QED) is 0.876. The summed E-state index contributed by atoms with van der Waals surface area (Å²) in [6.45, 7) is 1.77. The van der Waals surface area contributed by atoms with Crippen LogP contribution in [0.15, 0.2) is 34.4 Å². The van der Waals surface area contributed by atoms with Gasteiger partial charge in [0.2, 0.25) is 5.91 Å². The zero-order chi connectivity index (χ0) is 16.4. The summed E-state index contributed by atoms with van der Waals surface area (Å²) in [5.41, 5.74) is 1.93. The van der Waals surface area contributed by atoms with Gasteiger partial charge in [0.15, 0.2) is 0 Å². The molecule has 0 saturated heterocycles. The molecule has 1 aliphatic rings. The molecule has 1 heterocycles. The number of aryl methyl sites for hydroxylation is 1. The van der Waals surface area contributed by atoms with Crippen molar-refractivity contribution in [3.05, 3.63) is 50.6 Å². The van der Waals surface area contributed by atoms with Crippen molar-refractivity contribution in [1.82, 2.24) is 9.88 Å². The standard InChI is InChI=1S/C16H17N3O3S/c1-10-9-23-16(22)19(10)8-14(20)17-12-4-2-11(3-5-12)15(21)18-13-6-7-13/h2-5,9,13H,6-8H2,1H3,(H,17,20)(H,18,21). The molecule has 0 atom stereocenters. The van der Waals surface area contributed by atoms with Crippen LogP contribution in [0.4, 0.5) is 5.69 Å². The Morgan fingerprint density at radius 3 is 2.52 bits per heavy atom. The van der Waals surface area contributed by atoms with E-state index in [-0.39, 0.29) is 23.2 Å². The Balaban J connectivity index is 1.60. The summed E-state index contributed by atoms with van der Waals surface area (Å²) in [4.78, 5) is 35.3. The SMILES string of the molecule is Cc1csc(=O)n1CC(=O)Nc1ccc(C(=O)NC2CC2)cc1. The van der Waals surface area contributed by atoms with E-state index in [2.05, 4.69) is 10.6 Å². The molecule has 2 amide bonds. The highest BCUT2D eigenvalue weighted by atomic mass is 32.1. The minimum Gasteiger partial charge on any atom is -0.349 e. The molecule has 2 aromatic rings. The van der Waals surface area contributed by atoms with Gasteiger partial charge >= 0.3 is 4.87 Å². The molecule has 6 nitrogen and oxygen atoms in total. The van der Waals surface area contributed by atoms with Crippen LogP contribution in [0.5, 0.6) is 0 Å². The molecule has 0 bridgehead atoms. The number of hydrogen-bond donors (Lipinski definition) is 2. The molecule has 0 spiro atoms. The van der Waals surface area contributed by atoms with E-state index in [9.17, 15) is 14.4 Å². The van der Waals surface area contributed by atoms with Gasteiger partial charge in [-0.3, -0.25) is 19.0 Å². The van der Waals surface area contributed by atoms with Crippen molar-refractivity contribution >= 4 is 28.8 Å². The second-order valence-electron chi connectivity index (χ2n) is 5.60. The fourth-order valence-electron chi connectivity index (χ4n) is 2.14. The van der Waals surface area contributed by atoms with E-state index in [4.69, 9.17) is 0 Å². The number of thiazole rings is 1. The maximum atomic E-state index is 12.0. The lowest BCUT2D eigenvalue weighted by molar-refractivity contribution is -0.116. The highest BCUT2D eigenvalue weighted by molar-refractivity contribution is 7.07. The van der Waals surface area contributed by atoms with Gasteiger partial charge in [-0.25, -0.2) is 0 Å². The second-order valence-corrected chi connectivity index (χ2v) is 6.42. The largest absolute Gasteiger partial charge is 0.349 e. The predicted octanol–water partition coefficient (Wildman–Crippen LogP) is 1.75. The summed E-state index contributed by atoms with van der Waals surface area (Å²) < 4.78 is 1.43. The monoisotopic (exact) mass is 331 g/mol. The first kappa shape index (κ1) is 15.5. The summed E-state index contributed by atoms with van der Waals surface area (Å²) in [6, 6.07) is 7.03. The minimum absolute atomic E-state index is 0.0158. The smallest absolute Gasteiger partial charge is 0.307 e. The molecular weight excluding hydrogens is 314 g/mol. The third-order valence-corrected chi connectivity index (χ3v) is 4.50. The Labute approximate surface area is 137 Å². The number of nitrogens with one attached hydrogen (secondary N) is 2. The van der Waals surface area contributed by atoms with Crippen molar-refractivity contribution in [3.8, 4) is 0 Å². The van der Waals surface area contributed by atoms with Crippen LogP contribution in [-0.4, -0.2) is 22.4 Å². The van der Waals surface area contributed by atoms with Crippen molar-refractivity contribution in [2.24, 2.45) is 0 Å². The molecule has 0 radical (unpaired) electrons. The Hall–Kier alpha value is -2.41. The average Bonchev–Trinajstić information content (AvgIpc) is 3.29. The number of nitrogens with zero attached hydrogens (tertiary/aromatic N) is 1. The van der Waals surface area contributed by atoms with Crippen LogP contribution in [0.3, 0.4) is 0 Å². The Morgan fingerprint density at radius 2 is 1.96 bits per heavy atom. The number of carbonyl (C=O) groups is 2. The van der Waals surface area contributed by atoms with Gasteiger partial charge in [0.1, 0.15) is 6.54 Å². The van der Waals surface area contributed by atoms with Crippen LogP contribution in [-0.2, 0) is 11.3 Å². The van der Waals surface area contributed by atoms with Crippen molar-refractivity contribution < 1.29 is 9.59 Å². The van der Waals surface area contributed by atoms with Crippen LogP contribution < -0.4 is 15.5 Å². The zero-order valence-electron chi connectivity index (χ0n) is 12.7. The van der Waals surface area contributed by atoms with E-state index in [0.717, 1.165) is 29.9 Å². The van der Waals surface area contributed by atoms with Gasteiger partial charge in [0, 0.05) is 28.4 Å². The fraction of sp³-hybridized carbons (Fsp3) is 0.312. The molecule has 0 unspecified atom stereocenters. The van der Waals surface area contributed by atoms with Crippen molar-refractivity contribution in [3.63, 3.8) is 0 Å². The highest BCUT2D eigenvalue weighted by Gasteiger charge is 2.23. The molecular formula is C16H17N3O3S. The molecule has 23 heavy (non-hydrogen) atoms. The van der Waals surface area contributed by atoms with Gasteiger partial charge < -0.3 is 10.6 Å². The van der Waals surface area contributed by atoms with Gasteiger partial charge in [0.25, 0.3) is 5.91 Å². The lowest BCUT2D eigenvalue weighted by atomic mass is 10.2. The molecule has 3 rings (SSSR count). The van der Waals surface area contributed by atoms with Crippen LogP contribution >= 0.6 is 11.3 Å². The van der Waals surface area contributed by atoms with Gasteiger partial charge in [0.05, 0.1) is 0 Å². The van der Waals surface area contributed by atoms with E-state index in [1.54, 1.807) is 36.6 Å². The summed E-state index contributed by atoms with van der Waals surface area (Å²) in [7, 11) is 0. The normalized spacial score (nSPS) is 13.6. The van der Waals surface area contributed by atoms with E-state index < -0.39 is 0 Å². The van der Waals surface area contributed by atoms with Crippen LogP contribution in [0.1, 0.15) is 28.9 Å². The first-order chi connectivity index (χ1) is 11.0. The van der Waals surface area contributed by atoms with Gasteiger partial charge in [-0.1, -0.05) is 11.3 Å². The van der Waals surface area contributed by atoms with Crippen LogP contribution in [0.2, 0.25) is 0 Å². The van der Waals surface area contributed by atoms with Gasteiger partial charge in [-0.15, -0.1) is 0 Å². The fourth-order valence-corrected chi connectivity index (χ4v) is 2.88. The molecule has 2 N–H and O–H groups in total. The summed E-state index contributed by atoms with van der Waals surface area (Å²) in [6.07, 6.45) is 2.09. The molecule has 1 saturated carbocycles. The lowest BCUT2D eigenvalue weighted by Gasteiger charge is -2.08. The maximum absolute atomic E-state index is 12.0. The number of anilines is 1. The number of benzene rings is 1. The molecule has 1 aromatic carbocycles. The lowest BCUT2D eigenvalue weighted by Crippen LogP contribution is -2.26. The summed E-state index contributed by atoms with van der Waals surface area (Å²) in [5.74, 6) is -0.366. The summed E-state index contributed by atoms with van der Waals surface area (Å²) >= 11 is 1.08. The highest BCUT2D eigenvalue weighted by Crippen LogP contribution is 2.19. The molecule has 7 heteroatoms. The number of amides is 2. The van der Waals surface area contributed by atoms with E-state index in [1.807, 2.05) is 0 Å². The second kappa shape index (κ2) is 6.37. The van der Waals surface area contributed by atoms with Crippen molar-refractivity contribution in [2.75, 3.05) is 5.32 Å². The molecule has 1 aromatic heterocycles. The molecule has 120 valence electrons. The zero-order valence-corrected chi connectivity index (χ0v) is 13.5. The Bertz CT molecular complexity index is 788. The minimum atomic E-state index is -0.274. The van der Waals surface area contributed by atoms with Crippen LogP contribution in [0.25, 0.3) is 0 Å². The number of rotatable bonds is 5. The molecule has 1 aliphatic carbocycles. The average molecular weight is 331 g/mol. The van der Waals surface area contributed by atoms with Gasteiger partial charge in [-0.2, -0.15) is 0 Å². The number of aromatic nitrogens is 1. The third-order valence-electron chi connectivity index (χ3n) is 3.62. The number of carbonyl (C=O) groups excluding carboxylic acids is 2. The maximum Gasteiger partial charge on any atom is 0.307 e. The first-order valence-electron chi connectivity index (χ1n) is 7.38. The predicted molar refractivity (Wildman–Crippen MR) is 88.9 cm³/mol. The Morgan fingerprint density at radius 1 is 1.26 bits per heavy atom. The van der Waals surface area contributed by atoms with Crippen molar-refractivity contribution in [1.29, 1.82) is 0 Å². The summed E-state index contributed by atoms with van der Waals surface area (Å²) in [5, 5.41) is 7.36. The first-order valence-corrected chi connectivity index (χ1v) is 8.26. The van der Waals surface area contributed by atoms with E-state index in [0.29, 0.717) is 17.3 Å². The Kier molecular flexibility index (Phi) is 4.29. The van der Waals surface area contributed by atoms with Gasteiger partial charge in [-0.05, 0) is 44.0 Å². The topological polar surface area (TPSA) is 80.2 Å².